The number of amides is 2. The van der Waals surface area contributed by atoms with Gasteiger partial charge in [-0.25, -0.2) is 0 Å². The summed E-state index contributed by atoms with van der Waals surface area (Å²) < 4.78 is 0. The van der Waals surface area contributed by atoms with Crippen molar-refractivity contribution in [2.45, 2.75) is 19.8 Å². The van der Waals surface area contributed by atoms with E-state index in [-0.39, 0.29) is 11.8 Å². The average Bonchev–Trinajstić information content (AvgIpc) is 2.61. The Bertz CT molecular complexity index is 696. The van der Waals surface area contributed by atoms with E-state index in [9.17, 15) is 9.59 Å². The molecule has 0 aliphatic carbocycles. The van der Waals surface area contributed by atoms with Crippen molar-refractivity contribution in [1.82, 2.24) is 10.6 Å². The van der Waals surface area contributed by atoms with Gasteiger partial charge in [-0.15, -0.1) is 0 Å². The Morgan fingerprint density at radius 1 is 0.917 bits per heavy atom. The monoisotopic (exact) mass is 325 g/mol. The van der Waals surface area contributed by atoms with Crippen LogP contribution in [-0.4, -0.2) is 24.9 Å². The van der Waals surface area contributed by atoms with E-state index in [2.05, 4.69) is 10.6 Å². The highest BCUT2D eigenvalue weighted by atomic mass is 16.2. The quantitative estimate of drug-likeness (QED) is 0.683. The van der Waals surface area contributed by atoms with Crippen LogP contribution in [0.15, 0.2) is 48.5 Å². The number of anilines is 1. The largest absolute Gasteiger partial charge is 0.399 e. The van der Waals surface area contributed by atoms with Gasteiger partial charge in [-0.3, -0.25) is 9.59 Å². The molecule has 0 saturated carbocycles. The Hall–Kier alpha value is -2.82. The van der Waals surface area contributed by atoms with Crippen LogP contribution in [0, 0.1) is 0 Å². The Morgan fingerprint density at radius 2 is 1.50 bits per heavy atom. The van der Waals surface area contributed by atoms with Gasteiger partial charge in [0.05, 0.1) is 0 Å². The molecule has 2 aromatic carbocycles. The summed E-state index contributed by atoms with van der Waals surface area (Å²) in [7, 11) is 0. The molecular formula is C19H23N3O2. The molecule has 0 spiro atoms. The molecule has 0 radical (unpaired) electrons. The zero-order valence-corrected chi connectivity index (χ0v) is 13.8. The fraction of sp³-hybridized carbons (Fsp3) is 0.263. The smallest absolute Gasteiger partial charge is 0.251 e. The molecule has 0 aliphatic heterocycles. The fourth-order valence-electron chi connectivity index (χ4n) is 2.25. The first-order valence-corrected chi connectivity index (χ1v) is 8.11. The number of carbonyl (C=O) groups excluding carboxylic acids is 2. The van der Waals surface area contributed by atoms with Crippen molar-refractivity contribution in [3.05, 3.63) is 65.2 Å². The number of nitrogens with two attached hydrogens (primary N) is 1. The van der Waals surface area contributed by atoms with Gasteiger partial charge in [0.15, 0.2) is 0 Å². The van der Waals surface area contributed by atoms with Crippen molar-refractivity contribution in [2.75, 3.05) is 18.8 Å². The first kappa shape index (κ1) is 17.5. The molecule has 0 heterocycles. The van der Waals surface area contributed by atoms with Crippen LogP contribution in [0.1, 0.15) is 39.6 Å². The third-order valence-electron chi connectivity index (χ3n) is 3.60. The number of hydrogen-bond donors (Lipinski definition) is 3. The van der Waals surface area contributed by atoms with Gasteiger partial charge < -0.3 is 16.4 Å². The van der Waals surface area contributed by atoms with Gasteiger partial charge in [0.2, 0.25) is 0 Å². The number of nitrogen functional groups attached to an aromatic ring is 1. The summed E-state index contributed by atoms with van der Waals surface area (Å²) in [4.78, 5) is 24.2. The molecule has 4 N–H and O–H groups in total. The lowest BCUT2D eigenvalue weighted by atomic mass is 10.1. The van der Waals surface area contributed by atoms with Gasteiger partial charge in [-0.2, -0.15) is 0 Å². The molecule has 0 aromatic heterocycles. The molecular weight excluding hydrogens is 302 g/mol. The van der Waals surface area contributed by atoms with E-state index < -0.39 is 0 Å². The normalized spacial score (nSPS) is 10.2. The first-order valence-electron chi connectivity index (χ1n) is 8.11. The molecule has 0 atom stereocenters. The van der Waals surface area contributed by atoms with E-state index in [4.69, 9.17) is 5.73 Å². The molecule has 5 nitrogen and oxygen atoms in total. The summed E-state index contributed by atoms with van der Waals surface area (Å²) in [5, 5.41) is 5.67. The Balaban J connectivity index is 1.90. The van der Waals surface area contributed by atoms with Gasteiger partial charge in [-0.05, 0) is 48.7 Å². The van der Waals surface area contributed by atoms with E-state index in [0.717, 1.165) is 24.1 Å². The van der Waals surface area contributed by atoms with Crippen LogP contribution in [0.5, 0.6) is 0 Å². The van der Waals surface area contributed by atoms with E-state index in [1.54, 1.807) is 24.3 Å². The maximum absolute atomic E-state index is 12.2. The molecule has 2 aromatic rings. The topological polar surface area (TPSA) is 84.2 Å². The maximum Gasteiger partial charge on any atom is 0.251 e. The van der Waals surface area contributed by atoms with Crippen LogP contribution in [0.25, 0.3) is 0 Å². The predicted octanol–water partition coefficient (Wildman–Crippen LogP) is 2.38. The van der Waals surface area contributed by atoms with Crippen LogP contribution < -0.4 is 16.4 Å². The summed E-state index contributed by atoms with van der Waals surface area (Å²) in [5.74, 6) is -0.344. The molecule has 0 fully saturated rings. The molecule has 2 amide bonds. The molecule has 0 unspecified atom stereocenters. The Morgan fingerprint density at radius 3 is 2.08 bits per heavy atom. The number of hydrogen-bond acceptors (Lipinski definition) is 3. The van der Waals surface area contributed by atoms with E-state index in [1.165, 1.54) is 0 Å². The lowest BCUT2D eigenvalue weighted by molar-refractivity contribution is 0.0953. The molecule has 126 valence electrons. The highest BCUT2D eigenvalue weighted by molar-refractivity contribution is 5.99. The molecule has 0 aliphatic rings. The number of carbonyl (C=O) groups is 2. The van der Waals surface area contributed by atoms with Gasteiger partial charge in [0, 0.05) is 29.9 Å². The Labute approximate surface area is 142 Å². The van der Waals surface area contributed by atoms with Crippen molar-refractivity contribution in [2.24, 2.45) is 0 Å². The minimum atomic E-state index is -0.185. The van der Waals surface area contributed by atoms with Crippen LogP contribution in [-0.2, 0) is 6.42 Å². The lowest BCUT2D eigenvalue weighted by Gasteiger charge is -2.08. The van der Waals surface area contributed by atoms with Gasteiger partial charge >= 0.3 is 0 Å². The average molecular weight is 325 g/mol. The second-order valence-corrected chi connectivity index (χ2v) is 5.58. The maximum atomic E-state index is 12.2. The summed E-state index contributed by atoms with van der Waals surface area (Å²) in [6.45, 7) is 3.14. The van der Waals surface area contributed by atoms with Crippen LogP contribution in [0.4, 0.5) is 5.69 Å². The van der Waals surface area contributed by atoms with E-state index >= 15 is 0 Å². The highest BCUT2D eigenvalue weighted by Crippen LogP contribution is 2.07. The van der Waals surface area contributed by atoms with Crippen molar-refractivity contribution >= 4 is 17.5 Å². The van der Waals surface area contributed by atoms with Crippen LogP contribution in [0.2, 0.25) is 0 Å². The van der Waals surface area contributed by atoms with Gasteiger partial charge in [-0.1, -0.05) is 25.1 Å². The highest BCUT2D eigenvalue weighted by Gasteiger charge is 2.09. The van der Waals surface area contributed by atoms with Gasteiger partial charge in [0.1, 0.15) is 0 Å². The molecule has 0 saturated heterocycles. The van der Waals surface area contributed by atoms with Crippen LogP contribution >= 0.6 is 0 Å². The third kappa shape index (κ3) is 5.12. The summed E-state index contributed by atoms with van der Waals surface area (Å²) in [5.41, 5.74) is 8.46. The second-order valence-electron chi connectivity index (χ2n) is 5.58. The zero-order chi connectivity index (χ0) is 17.4. The third-order valence-corrected chi connectivity index (χ3v) is 3.60. The molecule has 24 heavy (non-hydrogen) atoms. The number of nitrogens with one attached hydrogen (secondary N) is 2. The molecule has 5 heteroatoms. The van der Waals surface area contributed by atoms with Crippen molar-refractivity contribution < 1.29 is 9.59 Å². The van der Waals surface area contributed by atoms with Crippen LogP contribution in [0.3, 0.4) is 0 Å². The van der Waals surface area contributed by atoms with Crippen molar-refractivity contribution in [3.8, 4) is 0 Å². The summed E-state index contributed by atoms with van der Waals surface area (Å²) in [6, 6.07) is 14.3. The van der Waals surface area contributed by atoms with Crippen molar-refractivity contribution in [3.63, 3.8) is 0 Å². The first-order chi connectivity index (χ1) is 11.6. The van der Waals surface area contributed by atoms with Gasteiger partial charge in [0.25, 0.3) is 11.8 Å². The predicted molar refractivity (Wildman–Crippen MR) is 96.0 cm³/mol. The van der Waals surface area contributed by atoms with E-state index in [0.29, 0.717) is 24.2 Å². The molecule has 2 rings (SSSR count). The fourth-order valence-corrected chi connectivity index (χ4v) is 2.25. The SMILES string of the molecule is CCCNC(=O)c1cccc(C(=O)NCCc2ccc(N)cc2)c1. The van der Waals surface area contributed by atoms with Crippen molar-refractivity contribution in [1.29, 1.82) is 0 Å². The number of benzene rings is 2. The minimum absolute atomic E-state index is 0.159. The van der Waals surface area contributed by atoms with E-state index in [1.807, 2.05) is 31.2 Å². The standard InChI is InChI=1S/C19H23N3O2/c1-2-11-21-18(23)15-4-3-5-16(13-15)19(24)22-12-10-14-6-8-17(20)9-7-14/h3-9,13H,2,10-12,20H2,1H3,(H,21,23)(H,22,24). The summed E-state index contributed by atoms with van der Waals surface area (Å²) >= 11 is 0. The summed E-state index contributed by atoms with van der Waals surface area (Å²) in [6.07, 6.45) is 1.60. The number of rotatable bonds is 7. The molecule has 0 bridgehead atoms. The lowest BCUT2D eigenvalue weighted by Crippen LogP contribution is -2.27. The Kier molecular flexibility index (Phi) is 6.37. The minimum Gasteiger partial charge on any atom is -0.399 e. The second kappa shape index (κ2) is 8.72. The zero-order valence-electron chi connectivity index (χ0n) is 13.8.